The average molecular weight is 391 g/mol. The highest BCUT2D eigenvalue weighted by atomic mass is 35.5. The zero-order chi connectivity index (χ0) is 19.4. The number of methoxy groups -OCH3 is 2. The molecule has 0 saturated carbocycles. The van der Waals surface area contributed by atoms with Crippen molar-refractivity contribution in [2.24, 2.45) is 0 Å². The van der Waals surface area contributed by atoms with Gasteiger partial charge in [-0.25, -0.2) is 0 Å². The summed E-state index contributed by atoms with van der Waals surface area (Å²) in [6, 6.07) is 8.67. The van der Waals surface area contributed by atoms with Gasteiger partial charge < -0.3 is 24.8 Å². The van der Waals surface area contributed by atoms with Gasteiger partial charge in [-0.05, 0) is 24.1 Å². The topological polar surface area (TPSA) is 85.9 Å². The fourth-order valence-corrected chi connectivity index (χ4v) is 2.95. The quantitative estimate of drug-likeness (QED) is 0.790. The normalized spacial score (nSPS) is 12.5. The van der Waals surface area contributed by atoms with Crippen LogP contribution < -0.4 is 24.8 Å². The minimum Gasteiger partial charge on any atom is -0.495 e. The second-order valence-electron chi connectivity index (χ2n) is 5.90. The van der Waals surface area contributed by atoms with Crippen molar-refractivity contribution in [3.05, 3.63) is 40.9 Å². The molecule has 0 aliphatic carbocycles. The zero-order valence-corrected chi connectivity index (χ0v) is 15.7. The first-order valence-corrected chi connectivity index (χ1v) is 8.65. The molecule has 142 valence electrons. The lowest BCUT2D eigenvalue weighted by Gasteiger charge is -2.18. The number of benzene rings is 2. The van der Waals surface area contributed by atoms with Crippen molar-refractivity contribution in [1.29, 1.82) is 0 Å². The number of hydrogen-bond acceptors (Lipinski definition) is 5. The molecule has 2 amide bonds. The standard InChI is InChI=1S/C19H19ClN2O5/c1-25-16-9-14(17(26-2)8-12(16)20)21-18(23)6-4-11-3-5-15-13(7-11)22-19(24)10-27-15/h3,5,7-9H,4,6,10H2,1-2H3,(H,21,23)(H,22,24). The molecule has 0 aromatic heterocycles. The number of nitrogens with one attached hydrogen (secondary N) is 2. The van der Waals surface area contributed by atoms with Crippen molar-refractivity contribution in [1.82, 2.24) is 0 Å². The number of hydrogen-bond donors (Lipinski definition) is 2. The zero-order valence-electron chi connectivity index (χ0n) is 14.9. The van der Waals surface area contributed by atoms with Gasteiger partial charge in [-0.1, -0.05) is 17.7 Å². The Morgan fingerprint density at radius 2 is 2.00 bits per heavy atom. The lowest BCUT2D eigenvalue weighted by Crippen LogP contribution is -2.25. The highest BCUT2D eigenvalue weighted by Crippen LogP contribution is 2.36. The minimum absolute atomic E-state index is 0.0150. The molecule has 1 heterocycles. The number of amides is 2. The monoisotopic (exact) mass is 390 g/mol. The summed E-state index contributed by atoms with van der Waals surface area (Å²) >= 11 is 6.07. The van der Waals surface area contributed by atoms with E-state index >= 15 is 0 Å². The fourth-order valence-electron chi connectivity index (χ4n) is 2.71. The average Bonchev–Trinajstić information content (AvgIpc) is 2.67. The van der Waals surface area contributed by atoms with E-state index in [1.165, 1.54) is 14.2 Å². The van der Waals surface area contributed by atoms with E-state index < -0.39 is 0 Å². The van der Waals surface area contributed by atoms with Crippen LogP contribution in [0.25, 0.3) is 0 Å². The van der Waals surface area contributed by atoms with Gasteiger partial charge in [0.1, 0.15) is 17.2 Å². The molecule has 2 N–H and O–H groups in total. The molecule has 0 bridgehead atoms. The van der Waals surface area contributed by atoms with E-state index in [2.05, 4.69) is 10.6 Å². The Morgan fingerprint density at radius 3 is 2.74 bits per heavy atom. The Morgan fingerprint density at radius 1 is 1.22 bits per heavy atom. The lowest BCUT2D eigenvalue weighted by molar-refractivity contribution is -0.118. The second-order valence-corrected chi connectivity index (χ2v) is 6.31. The van der Waals surface area contributed by atoms with Gasteiger partial charge >= 0.3 is 0 Å². The molecule has 0 spiro atoms. The smallest absolute Gasteiger partial charge is 0.262 e. The summed E-state index contributed by atoms with van der Waals surface area (Å²) in [6.07, 6.45) is 0.754. The molecule has 0 saturated heterocycles. The maximum Gasteiger partial charge on any atom is 0.262 e. The summed E-state index contributed by atoms with van der Waals surface area (Å²) in [6.45, 7) is 0.0150. The van der Waals surface area contributed by atoms with E-state index in [0.29, 0.717) is 40.1 Å². The van der Waals surface area contributed by atoms with Crippen molar-refractivity contribution in [2.45, 2.75) is 12.8 Å². The number of carbonyl (C=O) groups excluding carboxylic acids is 2. The van der Waals surface area contributed by atoms with E-state index in [1.807, 2.05) is 12.1 Å². The van der Waals surface area contributed by atoms with Gasteiger partial charge in [0.05, 0.1) is 30.6 Å². The van der Waals surface area contributed by atoms with Crippen LogP contribution in [0, 0.1) is 0 Å². The third-order valence-electron chi connectivity index (χ3n) is 4.07. The molecule has 0 atom stereocenters. The summed E-state index contributed by atoms with van der Waals surface area (Å²) in [4.78, 5) is 23.8. The number of halogens is 1. The molecule has 0 fully saturated rings. The molecule has 0 radical (unpaired) electrons. The summed E-state index contributed by atoms with van der Waals surface area (Å²) in [7, 11) is 3.00. The predicted molar refractivity (Wildman–Crippen MR) is 102 cm³/mol. The van der Waals surface area contributed by atoms with Crippen LogP contribution in [0.1, 0.15) is 12.0 Å². The fraction of sp³-hybridized carbons (Fsp3) is 0.263. The second kappa shape index (κ2) is 8.18. The molecule has 1 aliphatic heterocycles. The molecule has 2 aromatic carbocycles. The van der Waals surface area contributed by atoms with Gasteiger partial charge in [0.25, 0.3) is 5.91 Å². The predicted octanol–water partition coefficient (Wildman–Crippen LogP) is 3.26. The van der Waals surface area contributed by atoms with Gasteiger partial charge in [0.15, 0.2) is 6.61 Å². The van der Waals surface area contributed by atoms with Crippen molar-refractivity contribution in [3.8, 4) is 17.2 Å². The molecule has 27 heavy (non-hydrogen) atoms. The van der Waals surface area contributed by atoms with Crippen LogP contribution in [0.2, 0.25) is 5.02 Å². The van der Waals surface area contributed by atoms with E-state index in [-0.39, 0.29) is 24.8 Å². The first-order valence-electron chi connectivity index (χ1n) is 8.27. The number of fused-ring (bicyclic) bond motifs is 1. The third kappa shape index (κ3) is 4.43. The van der Waals surface area contributed by atoms with Gasteiger partial charge in [-0.2, -0.15) is 0 Å². The Bertz CT molecular complexity index is 885. The number of rotatable bonds is 6. The van der Waals surface area contributed by atoms with Crippen molar-refractivity contribution in [3.63, 3.8) is 0 Å². The van der Waals surface area contributed by atoms with Gasteiger partial charge in [-0.3, -0.25) is 9.59 Å². The van der Waals surface area contributed by atoms with Crippen molar-refractivity contribution < 1.29 is 23.8 Å². The number of aryl methyl sites for hydroxylation is 1. The Labute approximate surface area is 161 Å². The van der Waals surface area contributed by atoms with Gasteiger partial charge in [0.2, 0.25) is 5.91 Å². The molecule has 0 unspecified atom stereocenters. The van der Waals surface area contributed by atoms with Crippen LogP contribution in [0.5, 0.6) is 17.2 Å². The van der Waals surface area contributed by atoms with E-state index in [9.17, 15) is 9.59 Å². The third-order valence-corrected chi connectivity index (χ3v) is 4.36. The van der Waals surface area contributed by atoms with E-state index in [0.717, 1.165) is 5.56 Å². The van der Waals surface area contributed by atoms with Crippen LogP contribution in [0.15, 0.2) is 30.3 Å². The molecular formula is C19H19ClN2O5. The van der Waals surface area contributed by atoms with Crippen LogP contribution >= 0.6 is 11.6 Å². The Balaban J connectivity index is 1.65. The van der Waals surface area contributed by atoms with Crippen LogP contribution in [0.4, 0.5) is 11.4 Å². The maximum absolute atomic E-state index is 12.3. The van der Waals surface area contributed by atoms with Crippen LogP contribution in [-0.4, -0.2) is 32.6 Å². The summed E-state index contributed by atoms with van der Waals surface area (Å²) < 4.78 is 15.7. The Kier molecular flexibility index (Phi) is 5.71. The van der Waals surface area contributed by atoms with E-state index in [4.69, 9.17) is 25.8 Å². The molecular weight excluding hydrogens is 372 g/mol. The molecule has 2 aromatic rings. The lowest BCUT2D eigenvalue weighted by atomic mass is 10.1. The number of anilines is 2. The first kappa shape index (κ1) is 18.8. The summed E-state index contributed by atoms with van der Waals surface area (Å²) in [5.41, 5.74) is 2.01. The van der Waals surface area contributed by atoms with Crippen molar-refractivity contribution >= 4 is 34.8 Å². The summed E-state index contributed by atoms with van der Waals surface area (Å²) in [5.74, 6) is 1.14. The first-order chi connectivity index (χ1) is 13.0. The largest absolute Gasteiger partial charge is 0.495 e. The van der Waals surface area contributed by atoms with Gasteiger partial charge in [-0.15, -0.1) is 0 Å². The van der Waals surface area contributed by atoms with Crippen molar-refractivity contribution in [2.75, 3.05) is 31.5 Å². The maximum atomic E-state index is 12.3. The Hall–Kier alpha value is -2.93. The molecule has 7 nitrogen and oxygen atoms in total. The van der Waals surface area contributed by atoms with Gasteiger partial charge in [0, 0.05) is 18.6 Å². The van der Waals surface area contributed by atoms with Crippen LogP contribution in [-0.2, 0) is 16.0 Å². The number of carbonyl (C=O) groups is 2. The summed E-state index contributed by atoms with van der Waals surface area (Å²) in [5, 5.41) is 5.95. The van der Waals surface area contributed by atoms with E-state index in [1.54, 1.807) is 18.2 Å². The minimum atomic E-state index is -0.193. The number of ether oxygens (including phenoxy) is 3. The highest BCUT2D eigenvalue weighted by Gasteiger charge is 2.17. The SMILES string of the molecule is COc1cc(NC(=O)CCc2ccc3c(c2)NC(=O)CO3)c(OC)cc1Cl. The molecule has 8 heteroatoms. The molecule has 3 rings (SSSR count). The molecule has 1 aliphatic rings. The highest BCUT2D eigenvalue weighted by molar-refractivity contribution is 6.32. The van der Waals surface area contributed by atoms with Crippen LogP contribution in [0.3, 0.4) is 0 Å².